The van der Waals surface area contributed by atoms with E-state index in [1.807, 2.05) is 0 Å². The number of nitrogens with zero attached hydrogens (tertiary/aromatic N) is 1. The molecule has 1 aromatic heterocycles. The van der Waals surface area contributed by atoms with Gasteiger partial charge in [-0.25, -0.2) is 4.98 Å². The summed E-state index contributed by atoms with van der Waals surface area (Å²) in [4.78, 5) is 27.3. The van der Waals surface area contributed by atoms with Crippen LogP contribution in [0.15, 0.2) is 42.6 Å². The quantitative estimate of drug-likeness (QED) is 0.851. The number of pyridine rings is 1. The minimum Gasteiger partial charge on any atom is -0.326 e. The third-order valence-corrected chi connectivity index (χ3v) is 3.03. The first-order valence-corrected chi connectivity index (χ1v) is 6.79. The molecule has 2 N–H and O–H groups in total. The van der Waals surface area contributed by atoms with Gasteiger partial charge in [0.1, 0.15) is 5.15 Å². The molecular weight excluding hydrogens is 290 g/mol. The second-order valence-electron chi connectivity index (χ2n) is 4.28. The van der Waals surface area contributed by atoms with Crippen LogP contribution in [0.4, 0.5) is 11.4 Å². The molecule has 0 aliphatic carbocycles. The summed E-state index contributed by atoms with van der Waals surface area (Å²) in [7, 11) is 0. The average molecular weight is 304 g/mol. The average Bonchev–Trinajstić information content (AvgIpc) is 2.47. The number of amides is 2. The fraction of sp³-hybridized carbons (Fsp3) is 0.133. The molecule has 0 aliphatic heterocycles. The smallest absolute Gasteiger partial charge is 0.258 e. The van der Waals surface area contributed by atoms with Gasteiger partial charge in [0.25, 0.3) is 5.91 Å². The number of aromatic nitrogens is 1. The molecule has 0 atom stereocenters. The number of carbonyl (C=O) groups excluding carboxylic acids is 2. The summed E-state index contributed by atoms with van der Waals surface area (Å²) in [5, 5.41) is 5.59. The van der Waals surface area contributed by atoms with Gasteiger partial charge in [0.2, 0.25) is 5.91 Å². The highest BCUT2D eigenvalue weighted by atomic mass is 35.5. The van der Waals surface area contributed by atoms with Crippen molar-refractivity contribution in [1.82, 2.24) is 4.98 Å². The van der Waals surface area contributed by atoms with Gasteiger partial charge < -0.3 is 10.6 Å². The zero-order valence-electron chi connectivity index (χ0n) is 11.4. The minimum atomic E-state index is -0.355. The number of halogens is 1. The fourth-order valence-electron chi connectivity index (χ4n) is 1.68. The van der Waals surface area contributed by atoms with Crippen LogP contribution in [0.1, 0.15) is 23.7 Å². The van der Waals surface area contributed by atoms with E-state index in [0.717, 1.165) is 0 Å². The van der Waals surface area contributed by atoms with Gasteiger partial charge in [0, 0.05) is 24.0 Å². The van der Waals surface area contributed by atoms with Crippen molar-refractivity contribution in [3.63, 3.8) is 0 Å². The second-order valence-corrected chi connectivity index (χ2v) is 4.64. The standard InChI is InChI=1S/C15H14ClN3O2/c1-2-13(20)18-10-5-3-6-11(9-10)19-15(21)12-7-4-8-17-14(12)16/h3-9H,2H2,1H3,(H,18,20)(H,19,21). The lowest BCUT2D eigenvalue weighted by atomic mass is 10.2. The van der Waals surface area contributed by atoms with Crippen LogP contribution in [-0.2, 0) is 4.79 Å². The van der Waals surface area contributed by atoms with Crippen LogP contribution in [-0.4, -0.2) is 16.8 Å². The van der Waals surface area contributed by atoms with Crippen molar-refractivity contribution >= 4 is 34.8 Å². The Morgan fingerprint density at radius 3 is 2.52 bits per heavy atom. The van der Waals surface area contributed by atoms with E-state index >= 15 is 0 Å². The highest BCUT2D eigenvalue weighted by Gasteiger charge is 2.11. The third kappa shape index (κ3) is 4.03. The molecule has 0 spiro atoms. The summed E-state index contributed by atoms with van der Waals surface area (Å²) in [5.41, 5.74) is 1.48. The zero-order valence-corrected chi connectivity index (χ0v) is 12.1. The minimum absolute atomic E-state index is 0.0891. The molecule has 108 valence electrons. The molecule has 1 heterocycles. The topological polar surface area (TPSA) is 71.1 Å². The molecule has 2 amide bonds. The molecule has 2 aromatic rings. The molecule has 0 saturated carbocycles. The number of carbonyl (C=O) groups is 2. The normalized spacial score (nSPS) is 10.0. The molecule has 0 radical (unpaired) electrons. The van der Waals surface area contributed by atoms with Crippen LogP contribution in [0.25, 0.3) is 0 Å². The van der Waals surface area contributed by atoms with Gasteiger partial charge in [-0.2, -0.15) is 0 Å². The maximum absolute atomic E-state index is 12.1. The summed E-state index contributed by atoms with van der Waals surface area (Å²) < 4.78 is 0. The van der Waals surface area contributed by atoms with E-state index in [1.54, 1.807) is 43.3 Å². The van der Waals surface area contributed by atoms with Gasteiger partial charge >= 0.3 is 0 Å². The monoisotopic (exact) mass is 303 g/mol. The Bertz CT molecular complexity index is 673. The van der Waals surface area contributed by atoms with Crippen molar-refractivity contribution in [1.29, 1.82) is 0 Å². The van der Waals surface area contributed by atoms with E-state index < -0.39 is 0 Å². The molecule has 21 heavy (non-hydrogen) atoms. The van der Waals surface area contributed by atoms with E-state index in [0.29, 0.717) is 23.4 Å². The van der Waals surface area contributed by atoms with Gasteiger partial charge in [0.15, 0.2) is 0 Å². The van der Waals surface area contributed by atoms with Gasteiger partial charge in [0.05, 0.1) is 5.56 Å². The van der Waals surface area contributed by atoms with Crippen molar-refractivity contribution < 1.29 is 9.59 Å². The van der Waals surface area contributed by atoms with E-state index in [2.05, 4.69) is 15.6 Å². The lowest BCUT2D eigenvalue weighted by Gasteiger charge is -2.08. The number of anilines is 2. The second kappa shape index (κ2) is 6.85. The maximum atomic E-state index is 12.1. The summed E-state index contributed by atoms with van der Waals surface area (Å²) in [6.45, 7) is 1.77. The summed E-state index contributed by atoms with van der Waals surface area (Å²) >= 11 is 5.88. The number of hydrogen-bond donors (Lipinski definition) is 2. The molecule has 0 fully saturated rings. The lowest BCUT2D eigenvalue weighted by molar-refractivity contribution is -0.115. The molecule has 0 aliphatic rings. The van der Waals surface area contributed by atoms with Gasteiger partial charge in [-0.05, 0) is 30.3 Å². The van der Waals surface area contributed by atoms with E-state index in [-0.39, 0.29) is 17.0 Å². The molecule has 5 nitrogen and oxygen atoms in total. The molecule has 0 saturated heterocycles. The predicted octanol–water partition coefficient (Wildman–Crippen LogP) is 3.34. The molecule has 0 bridgehead atoms. The van der Waals surface area contributed by atoms with Gasteiger partial charge in [-0.3, -0.25) is 9.59 Å². The summed E-state index contributed by atoms with van der Waals surface area (Å²) in [6, 6.07) is 10.1. The van der Waals surface area contributed by atoms with E-state index in [1.165, 1.54) is 6.20 Å². The van der Waals surface area contributed by atoms with Crippen LogP contribution in [0.2, 0.25) is 5.15 Å². The third-order valence-electron chi connectivity index (χ3n) is 2.73. The molecular formula is C15H14ClN3O2. The fourth-order valence-corrected chi connectivity index (χ4v) is 1.88. The Labute approximate surface area is 127 Å². The predicted molar refractivity (Wildman–Crippen MR) is 82.6 cm³/mol. The Balaban J connectivity index is 2.13. The molecule has 0 unspecified atom stereocenters. The van der Waals surface area contributed by atoms with E-state index in [4.69, 9.17) is 11.6 Å². The van der Waals surface area contributed by atoms with Crippen LogP contribution in [0, 0.1) is 0 Å². The SMILES string of the molecule is CCC(=O)Nc1cccc(NC(=O)c2cccnc2Cl)c1. The number of nitrogens with one attached hydrogen (secondary N) is 2. The van der Waals surface area contributed by atoms with Crippen LogP contribution < -0.4 is 10.6 Å². The molecule has 6 heteroatoms. The Kier molecular flexibility index (Phi) is 4.90. The van der Waals surface area contributed by atoms with Gasteiger partial charge in [-0.1, -0.05) is 24.6 Å². The highest BCUT2D eigenvalue weighted by molar-refractivity contribution is 6.33. The zero-order chi connectivity index (χ0) is 15.2. The Morgan fingerprint density at radius 1 is 1.14 bits per heavy atom. The molecule has 1 aromatic carbocycles. The van der Waals surface area contributed by atoms with Crippen molar-refractivity contribution in [3.05, 3.63) is 53.3 Å². The summed E-state index contributed by atoms with van der Waals surface area (Å²) in [6.07, 6.45) is 1.90. The van der Waals surface area contributed by atoms with Crippen molar-refractivity contribution in [2.24, 2.45) is 0 Å². The van der Waals surface area contributed by atoms with Crippen molar-refractivity contribution in [2.45, 2.75) is 13.3 Å². The number of benzene rings is 1. The first-order valence-electron chi connectivity index (χ1n) is 6.42. The highest BCUT2D eigenvalue weighted by Crippen LogP contribution is 2.18. The van der Waals surface area contributed by atoms with Crippen molar-refractivity contribution in [3.8, 4) is 0 Å². The Morgan fingerprint density at radius 2 is 1.86 bits per heavy atom. The van der Waals surface area contributed by atoms with Crippen LogP contribution in [0.5, 0.6) is 0 Å². The Hall–Kier alpha value is -2.40. The number of rotatable bonds is 4. The van der Waals surface area contributed by atoms with Crippen LogP contribution >= 0.6 is 11.6 Å². The van der Waals surface area contributed by atoms with E-state index in [9.17, 15) is 9.59 Å². The van der Waals surface area contributed by atoms with Crippen molar-refractivity contribution in [2.75, 3.05) is 10.6 Å². The lowest BCUT2D eigenvalue weighted by Crippen LogP contribution is -2.14. The first-order chi connectivity index (χ1) is 10.1. The largest absolute Gasteiger partial charge is 0.326 e. The summed E-state index contributed by atoms with van der Waals surface area (Å²) in [5.74, 6) is -0.444. The first kappa shape index (κ1) is 15.0. The van der Waals surface area contributed by atoms with Gasteiger partial charge in [-0.15, -0.1) is 0 Å². The maximum Gasteiger partial charge on any atom is 0.258 e. The van der Waals surface area contributed by atoms with Crippen LogP contribution in [0.3, 0.4) is 0 Å². The molecule has 2 rings (SSSR count). The number of hydrogen-bond acceptors (Lipinski definition) is 3.